The van der Waals surface area contributed by atoms with Gasteiger partial charge in [0.1, 0.15) is 0 Å². The van der Waals surface area contributed by atoms with Crippen LogP contribution in [-0.4, -0.2) is 16.2 Å². The molecule has 4 heteroatoms. The van der Waals surface area contributed by atoms with Crippen molar-refractivity contribution in [1.82, 2.24) is 4.98 Å². The number of para-hydroxylation sites is 1. The molecule has 0 unspecified atom stereocenters. The topological polar surface area (TPSA) is 53.4 Å². The molecule has 3 aromatic rings. The molecule has 1 N–H and O–H groups in total. The van der Waals surface area contributed by atoms with Crippen molar-refractivity contribution in [3.8, 4) is 11.1 Å². The van der Waals surface area contributed by atoms with E-state index in [0.717, 1.165) is 23.1 Å². The summed E-state index contributed by atoms with van der Waals surface area (Å²) >= 11 is 0. The van der Waals surface area contributed by atoms with Gasteiger partial charge in [-0.25, -0.2) is 9.69 Å². The van der Waals surface area contributed by atoms with Crippen LogP contribution in [0.3, 0.4) is 0 Å². The fraction of sp³-hybridized carbons (Fsp3) is 0.100. The molecule has 0 aliphatic carbocycles. The first-order chi connectivity index (χ1) is 11.7. The lowest BCUT2D eigenvalue weighted by Crippen LogP contribution is -2.23. The van der Waals surface area contributed by atoms with Crippen LogP contribution in [0.2, 0.25) is 0 Å². The van der Waals surface area contributed by atoms with Gasteiger partial charge in [0.15, 0.2) is 0 Å². The molecule has 0 aliphatic heterocycles. The molecule has 24 heavy (non-hydrogen) atoms. The van der Waals surface area contributed by atoms with E-state index in [1.54, 1.807) is 24.5 Å². The standard InChI is InChI=1S/C20H18N2O2/c1-2-15-11-17(16-7-6-10-21-14-16)13-19(12-15)22(20(23)24)18-8-4-3-5-9-18/h3-14H,2H2,1H3,(H,23,24). The number of rotatable bonds is 4. The van der Waals surface area contributed by atoms with E-state index in [1.807, 2.05) is 42.5 Å². The van der Waals surface area contributed by atoms with Gasteiger partial charge in [0.25, 0.3) is 0 Å². The minimum Gasteiger partial charge on any atom is -0.464 e. The molecule has 1 amide bonds. The molecule has 1 heterocycles. The summed E-state index contributed by atoms with van der Waals surface area (Å²) in [4.78, 5) is 17.3. The molecular formula is C20H18N2O2. The molecule has 1 aromatic heterocycles. The molecule has 0 spiro atoms. The van der Waals surface area contributed by atoms with Crippen molar-refractivity contribution >= 4 is 17.5 Å². The SMILES string of the molecule is CCc1cc(-c2cccnc2)cc(N(C(=O)O)c2ccccc2)c1. The number of anilines is 2. The summed E-state index contributed by atoms with van der Waals surface area (Å²) in [6.07, 6.45) is 3.32. The molecule has 0 atom stereocenters. The highest BCUT2D eigenvalue weighted by Crippen LogP contribution is 2.31. The second-order valence-electron chi connectivity index (χ2n) is 5.44. The van der Waals surface area contributed by atoms with Crippen LogP contribution in [0.1, 0.15) is 12.5 Å². The summed E-state index contributed by atoms with van der Waals surface area (Å²) in [5, 5.41) is 9.72. The summed E-state index contributed by atoms with van der Waals surface area (Å²) in [6.45, 7) is 2.06. The average Bonchev–Trinajstić information content (AvgIpc) is 2.63. The molecule has 0 aliphatic rings. The van der Waals surface area contributed by atoms with E-state index in [2.05, 4.69) is 18.0 Å². The van der Waals surface area contributed by atoms with Gasteiger partial charge >= 0.3 is 6.09 Å². The monoisotopic (exact) mass is 318 g/mol. The number of hydrogen-bond acceptors (Lipinski definition) is 2. The zero-order valence-electron chi connectivity index (χ0n) is 13.4. The van der Waals surface area contributed by atoms with Gasteiger partial charge in [0.2, 0.25) is 0 Å². The lowest BCUT2D eigenvalue weighted by atomic mass is 10.0. The zero-order chi connectivity index (χ0) is 16.9. The number of carbonyl (C=O) groups is 1. The Kier molecular flexibility index (Phi) is 4.57. The fourth-order valence-electron chi connectivity index (χ4n) is 2.65. The van der Waals surface area contributed by atoms with E-state index in [4.69, 9.17) is 0 Å². The first kappa shape index (κ1) is 15.7. The molecule has 2 aromatic carbocycles. The van der Waals surface area contributed by atoms with Crippen molar-refractivity contribution in [3.63, 3.8) is 0 Å². The molecule has 4 nitrogen and oxygen atoms in total. The van der Waals surface area contributed by atoms with Gasteiger partial charge in [-0.2, -0.15) is 0 Å². The normalized spacial score (nSPS) is 10.4. The minimum atomic E-state index is -1.01. The number of aryl methyl sites for hydroxylation is 1. The smallest absolute Gasteiger partial charge is 0.416 e. The van der Waals surface area contributed by atoms with Crippen LogP contribution < -0.4 is 4.90 Å². The van der Waals surface area contributed by atoms with Crippen molar-refractivity contribution < 1.29 is 9.90 Å². The average molecular weight is 318 g/mol. The van der Waals surface area contributed by atoms with Crippen LogP contribution in [0.5, 0.6) is 0 Å². The van der Waals surface area contributed by atoms with E-state index in [0.29, 0.717) is 11.4 Å². The number of amides is 1. The second kappa shape index (κ2) is 6.96. The zero-order valence-corrected chi connectivity index (χ0v) is 13.4. The first-order valence-electron chi connectivity index (χ1n) is 7.81. The van der Waals surface area contributed by atoms with Gasteiger partial charge < -0.3 is 5.11 Å². The Balaban J connectivity index is 2.14. The van der Waals surface area contributed by atoms with Gasteiger partial charge in [-0.3, -0.25) is 4.98 Å². The third-order valence-electron chi connectivity index (χ3n) is 3.84. The van der Waals surface area contributed by atoms with Crippen LogP contribution in [0.15, 0.2) is 73.1 Å². The highest BCUT2D eigenvalue weighted by Gasteiger charge is 2.18. The number of carboxylic acid groups (broad SMARTS) is 1. The van der Waals surface area contributed by atoms with Crippen LogP contribution in [0.4, 0.5) is 16.2 Å². The van der Waals surface area contributed by atoms with Crippen molar-refractivity contribution in [1.29, 1.82) is 0 Å². The predicted molar refractivity (Wildman–Crippen MR) is 95.7 cm³/mol. The van der Waals surface area contributed by atoms with E-state index < -0.39 is 6.09 Å². The van der Waals surface area contributed by atoms with E-state index in [1.165, 1.54) is 4.90 Å². The van der Waals surface area contributed by atoms with E-state index in [-0.39, 0.29) is 0 Å². The van der Waals surface area contributed by atoms with E-state index in [9.17, 15) is 9.90 Å². The lowest BCUT2D eigenvalue weighted by molar-refractivity contribution is 0.205. The Labute approximate surface area is 141 Å². The summed E-state index contributed by atoms with van der Waals surface area (Å²) in [6, 6.07) is 18.8. The Bertz CT molecular complexity index is 833. The first-order valence-corrected chi connectivity index (χ1v) is 7.81. The lowest BCUT2D eigenvalue weighted by Gasteiger charge is -2.21. The minimum absolute atomic E-state index is 0.621. The molecule has 0 saturated carbocycles. The Morgan fingerprint density at radius 2 is 1.79 bits per heavy atom. The fourth-order valence-corrected chi connectivity index (χ4v) is 2.65. The number of benzene rings is 2. The predicted octanol–water partition coefficient (Wildman–Crippen LogP) is 5.13. The van der Waals surface area contributed by atoms with Gasteiger partial charge in [-0.05, 0) is 47.9 Å². The largest absolute Gasteiger partial charge is 0.464 e. The van der Waals surface area contributed by atoms with Crippen molar-refractivity contribution in [3.05, 3.63) is 78.6 Å². The second-order valence-corrected chi connectivity index (χ2v) is 5.44. The Hall–Kier alpha value is -3.14. The third-order valence-corrected chi connectivity index (χ3v) is 3.84. The van der Waals surface area contributed by atoms with Gasteiger partial charge in [-0.1, -0.05) is 37.3 Å². The Morgan fingerprint density at radius 1 is 1.00 bits per heavy atom. The number of aromatic nitrogens is 1. The summed E-state index contributed by atoms with van der Waals surface area (Å²) in [5.41, 5.74) is 4.25. The molecular weight excluding hydrogens is 300 g/mol. The van der Waals surface area contributed by atoms with Crippen LogP contribution in [0, 0.1) is 0 Å². The number of hydrogen-bond donors (Lipinski definition) is 1. The maximum absolute atomic E-state index is 11.9. The van der Waals surface area contributed by atoms with E-state index >= 15 is 0 Å². The van der Waals surface area contributed by atoms with Crippen LogP contribution in [0.25, 0.3) is 11.1 Å². The quantitative estimate of drug-likeness (QED) is 0.725. The van der Waals surface area contributed by atoms with Gasteiger partial charge in [0, 0.05) is 18.0 Å². The highest BCUT2D eigenvalue weighted by molar-refractivity contribution is 5.95. The van der Waals surface area contributed by atoms with Gasteiger partial charge in [0.05, 0.1) is 11.4 Å². The third kappa shape index (κ3) is 3.27. The maximum atomic E-state index is 11.9. The molecule has 3 rings (SSSR count). The Morgan fingerprint density at radius 3 is 2.42 bits per heavy atom. The van der Waals surface area contributed by atoms with Crippen LogP contribution in [-0.2, 0) is 6.42 Å². The molecule has 120 valence electrons. The molecule has 0 saturated heterocycles. The number of nitrogens with zero attached hydrogens (tertiary/aromatic N) is 2. The van der Waals surface area contributed by atoms with Gasteiger partial charge in [-0.15, -0.1) is 0 Å². The van der Waals surface area contributed by atoms with Crippen LogP contribution >= 0.6 is 0 Å². The summed E-state index contributed by atoms with van der Waals surface area (Å²) in [5.74, 6) is 0. The summed E-state index contributed by atoms with van der Waals surface area (Å²) < 4.78 is 0. The van der Waals surface area contributed by atoms with Crippen molar-refractivity contribution in [2.75, 3.05) is 4.90 Å². The number of pyridine rings is 1. The molecule has 0 bridgehead atoms. The maximum Gasteiger partial charge on any atom is 0.416 e. The van der Waals surface area contributed by atoms with Crippen molar-refractivity contribution in [2.24, 2.45) is 0 Å². The highest BCUT2D eigenvalue weighted by atomic mass is 16.4. The van der Waals surface area contributed by atoms with Crippen molar-refractivity contribution in [2.45, 2.75) is 13.3 Å². The molecule has 0 fully saturated rings. The summed E-state index contributed by atoms with van der Waals surface area (Å²) in [7, 11) is 0. The molecule has 0 radical (unpaired) electrons.